The Morgan fingerprint density at radius 2 is 1.97 bits per heavy atom. The van der Waals surface area contributed by atoms with E-state index in [-0.39, 0.29) is 17.6 Å². The number of carbonyl (C=O) groups is 2. The Kier molecular flexibility index (Phi) is 7.29. The third-order valence-electron chi connectivity index (χ3n) is 4.40. The minimum Gasteiger partial charge on any atom is -0.469 e. The summed E-state index contributed by atoms with van der Waals surface area (Å²) in [6, 6.07) is 8.48. The van der Waals surface area contributed by atoms with Crippen LogP contribution in [0.25, 0.3) is 11.4 Å². The van der Waals surface area contributed by atoms with Crippen molar-refractivity contribution in [3.05, 3.63) is 47.9 Å². The molecule has 3 rings (SSSR count). The quantitative estimate of drug-likeness (QED) is 0.311. The van der Waals surface area contributed by atoms with E-state index < -0.39 is 0 Å². The molecule has 0 spiro atoms. The second-order valence-electron chi connectivity index (χ2n) is 6.66. The lowest BCUT2D eigenvalue weighted by atomic mass is 10.2. The van der Waals surface area contributed by atoms with Crippen LogP contribution in [-0.2, 0) is 16.6 Å². The van der Waals surface area contributed by atoms with Gasteiger partial charge in [-0.15, -0.1) is 10.2 Å². The van der Waals surface area contributed by atoms with E-state index in [4.69, 9.17) is 9.15 Å². The lowest BCUT2D eigenvalue weighted by Gasteiger charge is -2.07. The monoisotopic (exact) mass is 428 g/mol. The number of hydrogen-bond donors (Lipinski definition) is 1. The molecule has 2 heterocycles. The number of thioether (sulfide) groups is 1. The topological polar surface area (TPSA) is 99.2 Å². The van der Waals surface area contributed by atoms with Crippen LogP contribution in [-0.4, -0.2) is 39.0 Å². The zero-order chi connectivity index (χ0) is 21.5. The Balaban J connectivity index is 1.52. The van der Waals surface area contributed by atoms with Gasteiger partial charge in [-0.05, 0) is 43.7 Å². The van der Waals surface area contributed by atoms with Crippen LogP contribution in [0.5, 0.6) is 0 Å². The predicted molar refractivity (Wildman–Crippen MR) is 114 cm³/mol. The minimum absolute atomic E-state index is 0.178. The molecule has 8 nitrogen and oxygen atoms in total. The Bertz CT molecular complexity index is 1010. The van der Waals surface area contributed by atoms with E-state index in [0.717, 1.165) is 24.2 Å². The molecule has 1 aromatic carbocycles. The lowest BCUT2D eigenvalue weighted by Crippen LogP contribution is -2.14. The summed E-state index contributed by atoms with van der Waals surface area (Å²) in [5, 5.41) is 11.8. The van der Waals surface area contributed by atoms with Gasteiger partial charge in [0.15, 0.2) is 11.0 Å². The largest absolute Gasteiger partial charge is 0.469 e. The van der Waals surface area contributed by atoms with Crippen molar-refractivity contribution in [3.63, 3.8) is 0 Å². The first-order valence-corrected chi connectivity index (χ1v) is 10.6. The molecular formula is C21H24N4O4S. The van der Waals surface area contributed by atoms with Crippen molar-refractivity contribution in [3.8, 4) is 11.4 Å². The predicted octanol–water partition coefficient (Wildman–Crippen LogP) is 4.07. The van der Waals surface area contributed by atoms with Gasteiger partial charge in [-0.25, -0.2) is 4.79 Å². The number of rotatable bonds is 9. The first-order chi connectivity index (χ1) is 14.5. The minimum atomic E-state index is -0.358. The normalized spacial score (nSPS) is 10.8. The summed E-state index contributed by atoms with van der Waals surface area (Å²) in [4.78, 5) is 24.2. The summed E-state index contributed by atoms with van der Waals surface area (Å²) in [6.07, 6.45) is 3.41. The zero-order valence-electron chi connectivity index (χ0n) is 17.2. The molecule has 0 aliphatic heterocycles. The van der Waals surface area contributed by atoms with E-state index in [1.807, 2.05) is 31.5 Å². The zero-order valence-corrected chi connectivity index (χ0v) is 18.0. The van der Waals surface area contributed by atoms with Gasteiger partial charge in [0.05, 0.1) is 29.7 Å². The molecule has 0 saturated heterocycles. The molecule has 0 saturated carbocycles. The van der Waals surface area contributed by atoms with Crippen molar-refractivity contribution in [2.24, 2.45) is 7.05 Å². The Morgan fingerprint density at radius 3 is 2.63 bits per heavy atom. The molecule has 0 bridgehead atoms. The van der Waals surface area contributed by atoms with Crippen molar-refractivity contribution in [1.82, 2.24) is 14.8 Å². The molecule has 1 N–H and O–H groups in total. The second kappa shape index (κ2) is 10.1. The molecule has 2 aromatic heterocycles. The molecule has 158 valence electrons. The van der Waals surface area contributed by atoms with Crippen LogP contribution in [0.2, 0.25) is 0 Å². The maximum absolute atomic E-state index is 12.3. The first-order valence-electron chi connectivity index (χ1n) is 9.63. The van der Waals surface area contributed by atoms with Crippen molar-refractivity contribution in [2.75, 3.05) is 17.7 Å². The average molecular weight is 429 g/mol. The van der Waals surface area contributed by atoms with Gasteiger partial charge >= 0.3 is 5.97 Å². The third-order valence-corrected chi connectivity index (χ3v) is 5.42. The van der Waals surface area contributed by atoms with E-state index in [2.05, 4.69) is 15.5 Å². The van der Waals surface area contributed by atoms with Gasteiger partial charge in [0.2, 0.25) is 5.91 Å². The number of aromatic nitrogens is 3. The highest BCUT2D eigenvalue weighted by Gasteiger charge is 2.16. The molecule has 0 aliphatic carbocycles. The number of nitrogens with one attached hydrogen (secondary N) is 1. The molecule has 0 radical (unpaired) electrons. The Hall–Kier alpha value is -3.07. The van der Waals surface area contributed by atoms with Crippen molar-refractivity contribution < 1.29 is 18.7 Å². The number of amides is 1. The molecule has 0 fully saturated rings. The highest BCUT2D eigenvalue weighted by atomic mass is 32.2. The summed E-state index contributed by atoms with van der Waals surface area (Å²) in [7, 11) is 1.85. The van der Waals surface area contributed by atoms with Gasteiger partial charge in [-0.3, -0.25) is 4.79 Å². The van der Waals surface area contributed by atoms with Crippen LogP contribution in [0.4, 0.5) is 5.69 Å². The fraction of sp³-hybridized carbons (Fsp3) is 0.333. The molecular weight excluding hydrogens is 404 g/mol. The smallest absolute Gasteiger partial charge is 0.338 e. The molecule has 0 unspecified atom stereocenters. The van der Waals surface area contributed by atoms with E-state index in [9.17, 15) is 9.59 Å². The van der Waals surface area contributed by atoms with Crippen LogP contribution in [0.1, 0.15) is 35.9 Å². The Morgan fingerprint density at radius 1 is 1.20 bits per heavy atom. The van der Waals surface area contributed by atoms with Gasteiger partial charge in [-0.2, -0.15) is 0 Å². The first kappa shape index (κ1) is 21.6. The number of benzene rings is 1. The highest BCUT2D eigenvalue weighted by Crippen LogP contribution is 2.25. The number of furan rings is 1. The maximum Gasteiger partial charge on any atom is 0.338 e. The number of nitrogens with zero attached hydrogens (tertiary/aromatic N) is 3. The molecule has 0 atom stereocenters. The van der Waals surface area contributed by atoms with Gasteiger partial charge in [0.1, 0.15) is 5.76 Å². The summed E-state index contributed by atoms with van der Waals surface area (Å²) in [5.74, 6) is 1.09. The van der Waals surface area contributed by atoms with E-state index >= 15 is 0 Å². The van der Waals surface area contributed by atoms with Gasteiger partial charge in [0.25, 0.3) is 0 Å². The highest BCUT2D eigenvalue weighted by molar-refractivity contribution is 7.99. The molecule has 0 aliphatic rings. The standard InChI is InChI=1S/C21H24N4O4S/c1-4-5-11-29-20(27)15-6-8-16(9-7-15)22-18(26)13-30-21-24-23-19(25(21)3)17-10-12-28-14(17)2/h6-10,12H,4-5,11,13H2,1-3H3,(H,22,26). The van der Waals surface area contributed by atoms with E-state index in [1.165, 1.54) is 11.8 Å². The molecule has 9 heteroatoms. The van der Waals surface area contributed by atoms with Crippen molar-refractivity contribution in [2.45, 2.75) is 31.8 Å². The number of aryl methyl sites for hydroxylation is 1. The van der Waals surface area contributed by atoms with Crippen LogP contribution < -0.4 is 5.32 Å². The van der Waals surface area contributed by atoms with E-state index in [0.29, 0.717) is 28.8 Å². The number of carbonyl (C=O) groups excluding carboxylic acids is 2. The number of anilines is 1. The van der Waals surface area contributed by atoms with Gasteiger partial charge in [-0.1, -0.05) is 25.1 Å². The lowest BCUT2D eigenvalue weighted by molar-refractivity contribution is -0.113. The number of esters is 1. The average Bonchev–Trinajstić information content (AvgIpc) is 3.32. The molecule has 1 amide bonds. The number of unbranched alkanes of at least 4 members (excludes halogenated alkanes) is 1. The fourth-order valence-electron chi connectivity index (χ4n) is 2.70. The summed E-state index contributed by atoms with van der Waals surface area (Å²) in [6.45, 7) is 4.31. The molecule has 30 heavy (non-hydrogen) atoms. The fourth-order valence-corrected chi connectivity index (χ4v) is 3.41. The van der Waals surface area contributed by atoms with Crippen molar-refractivity contribution in [1.29, 1.82) is 0 Å². The van der Waals surface area contributed by atoms with Gasteiger partial charge in [0, 0.05) is 12.7 Å². The second-order valence-corrected chi connectivity index (χ2v) is 7.60. The van der Waals surface area contributed by atoms with Crippen LogP contribution >= 0.6 is 11.8 Å². The summed E-state index contributed by atoms with van der Waals surface area (Å²) < 4.78 is 12.3. The van der Waals surface area contributed by atoms with Crippen molar-refractivity contribution >= 4 is 29.3 Å². The Labute approximate surface area is 179 Å². The van der Waals surface area contributed by atoms with Gasteiger partial charge < -0.3 is 19.0 Å². The van der Waals surface area contributed by atoms with Crippen LogP contribution in [0.3, 0.4) is 0 Å². The third kappa shape index (κ3) is 5.29. The molecule has 3 aromatic rings. The maximum atomic E-state index is 12.3. The summed E-state index contributed by atoms with van der Waals surface area (Å²) >= 11 is 1.29. The van der Waals surface area contributed by atoms with Crippen LogP contribution in [0.15, 0.2) is 46.2 Å². The summed E-state index contributed by atoms with van der Waals surface area (Å²) in [5.41, 5.74) is 1.94. The SMILES string of the molecule is CCCCOC(=O)c1ccc(NC(=O)CSc2nnc(-c3ccoc3C)n2C)cc1. The van der Waals surface area contributed by atoms with Crippen LogP contribution in [0, 0.1) is 6.92 Å². The number of hydrogen-bond acceptors (Lipinski definition) is 7. The van der Waals surface area contributed by atoms with E-state index in [1.54, 1.807) is 30.5 Å². The number of ether oxygens (including phenoxy) is 1.